The zero-order chi connectivity index (χ0) is 38.4. The van der Waals surface area contributed by atoms with Crippen molar-refractivity contribution in [2.45, 2.75) is 104 Å². The third-order valence-electron chi connectivity index (χ3n) is 11.1. The average Bonchev–Trinajstić information content (AvgIpc) is 3.60. The number of aromatic nitrogens is 3. The van der Waals surface area contributed by atoms with Crippen LogP contribution >= 0.6 is 11.3 Å². The molecule has 2 bridgehead atoms. The lowest BCUT2D eigenvalue weighted by Gasteiger charge is -2.45. The standard InChI is InChI=1S/C38H54N6O8S/c1-21(2)30(43(6)37(48)28(26-18-51-19-26)14-32(46)31-12-25-7-9-44(31)10-8-25)15-33(52-24(5)45)36-42-29(20-53-36)35(47)41-27(11-23(4)38(49)50)13-34-39-16-22(3)17-40-34/h16-17,20-21,23,25-28,30-31,33H,7-15,18-19H2,1-6H3,(H,41,47)(H,49,50)/t23-,27+,28-,30+,31+,33+/m0/s1. The first-order chi connectivity index (χ1) is 25.2. The zero-order valence-electron chi connectivity index (χ0n) is 31.7. The van der Waals surface area contributed by atoms with Crippen LogP contribution in [0, 0.1) is 36.5 Å². The highest BCUT2D eigenvalue weighted by Gasteiger charge is 2.43. The molecule has 4 aliphatic heterocycles. The van der Waals surface area contributed by atoms with Gasteiger partial charge in [0, 0.05) is 69.0 Å². The molecule has 2 aromatic heterocycles. The highest BCUT2D eigenvalue weighted by Crippen LogP contribution is 2.36. The number of ketones is 1. The van der Waals surface area contributed by atoms with Crippen molar-refractivity contribution in [3.8, 4) is 0 Å². The number of nitrogens with one attached hydrogen (secondary N) is 1. The van der Waals surface area contributed by atoms with E-state index >= 15 is 0 Å². The number of Topliss-reactive ketones (excluding diaryl/α,β-unsaturated/α-hetero) is 1. The minimum atomic E-state index is -0.981. The quantitative estimate of drug-likeness (QED) is 0.210. The fourth-order valence-corrected chi connectivity index (χ4v) is 8.62. The number of rotatable bonds is 18. The largest absolute Gasteiger partial charge is 0.481 e. The SMILES string of the molecule is CC(=O)O[C@H](C[C@H](C(C)C)N(C)C(=O)[C@@H](CC(=O)[C@H]1CC2CCN1CC2)C1COC1)c1nc(C(=O)N[C@@H](Cc2ncc(C)cn2)C[C@H](C)C(=O)O)cs1. The van der Waals surface area contributed by atoms with Gasteiger partial charge in [-0.25, -0.2) is 15.0 Å². The van der Waals surface area contributed by atoms with Crippen LogP contribution in [0.5, 0.6) is 0 Å². The van der Waals surface area contributed by atoms with Crippen LogP contribution in [0.3, 0.4) is 0 Å². The first kappa shape index (κ1) is 40.4. The van der Waals surface area contributed by atoms with Crippen LogP contribution in [0.2, 0.25) is 0 Å². The van der Waals surface area contributed by atoms with Gasteiger partial charge in [0.1, 0.15) is 16.5 Å². The van der Waals surface area contributed by atoms with Crippen molar-refractivity contribution in [2.75, 3.05) is 33.4 Å². The van der Waals surface area contributed by atoms with E-state index in [-0.39, 0.29) is 67.0 Å². The number of hydrogen-bond acceptors (Lipinski definition) is 12. The van der Waals surface area contributed by atoms with Crippen molar-refractivity contribution in [3.05, 3.63) is 39.9 Å². The van der Waals surface area contributed by atoms with Gasteiger partial charge in [-0.05, 0) is 63.1 Å². The number of aryl methyl sites for hydroxylation is 1. The van der Waals surface area contributed by atoms with Gasteiger partial charge < -0.3 is 24.8 Å². The Morgan fingerprint density at radius 1 is 1.09 bits per heavy atom. The van der Waals surface area contributed by atoms with Gasteiger partial charge in [-0.1, -0.05) is 20.8 Å². The monoisotopic (exact) mass is 754 g/mol. The van der Waals surface area contributed by atoms with Crippen LogP contribution in [0.25, 0.3) is 0 Å². The highest BCUT2D eigenvalue weighted by molar-refractivity contribution is 7.09. The number of amides is 2. The van der Waals surface area contributed by atoms with Gasteiger partial charge >= 0.3 is 11.9 Å². The summed E-state index contributed by atoms with van der Waals surface area (Å²) < 4.78 is 11.3. The number of fused-ring (bicyclic) bond motifs is 3. The molecule has 0 radical (unpaired) electrons. The molecule has 6 rings (SSSR count). The molecule has 2 N–H and O–H groups in total. The summed E-state index contributed by atoms with van der Waals surface area (Å²) in [6, 6.07) is -1.08. The van der Waals surface area contributed by atoms with E-state index in [4.69, 9.17) is 9.47 Å². The van der Waals surface area contributed by atoms with Gasteiger partial charge in [0.25, 0.3) is 5.91 Å². The Labute approximate surface area is 315 Å². The molecule has 0 aliphatic carbocycles. The minimum absolute atomic E-state index is 0.0401. The number of carboxylic acid groups (broad SMARTS) is 1. The van der Waals surface area contributed by atoms with Crippen LogP contribution in [0.4, 0.5) is 0 Å². The lowest BCUT2D eigenvalue weighted by atomic mass is 9.78. The van der Waals surface area contributed by atoms with E-state index in [1.807, 2.05) is 20.8 Å². The highest BCUT2D eigenvalue weighted by atomic mass is 32.1. The molecule has 6 atom stereocenters. The van der Waals surface area contributed by atoms with Crippen molar-refractivity contribution >= 4 is 40.9 Å². The smallest absolute Gasteiger partial charge is 0.306 e. The first-order valence-corrected chi connectivity index (χ1v) is 19.6. The molecule has 0 saturated carbocycles. The van der Waals surface area contributed by atoms with Gasteiger partial charge in [0.15, 0.2) is 11.9 Å². The van der Waals surface area contributed by atoms with Crippen molar-refractivity contribution in [1.82, 2.24) is 30.1 Å². The van der Waals surface area contributed by atoms with Crippen molar-refractivity contribution in [2.24, 2.45) is 29.6 Å². The Hall–Kier alpha value is -3.82. The topological polar surface area (TPSA) is 181 Å². The maximum absolute atomic E-state index is 14.3. The van der Waals surface area contributed by atoms with Gasteiger partial charge in [-0.3, -0.25) is 28.9 Å². The Morgan fingerprint density at radius 3 is 2.32 bits per heavy atom. The number of piperidine rings is 3. The van der Waals surface area contributed by atoms with E-state index in [0.717, 1.165) is 37.9 Å². The van der Waals surface area contributed by atoms with Gasteiger partial charge in [-0.2, -0.15) is 0 Å². The number of esters is 1. The van der Waals surface area contributed by atoms with Gasteiger partial charge in [-0.15, -0.1) is 11.3 Å². The summed E-state index contributed by atoms with van der Waals surface area (Å²) in [4.78, 5) is 82.7. The second-order valence-electron chi connectivity index (χ2n) is 15.5. The molecule has 4 saturated heterocycles. The summed E-state index contributed by atoms with van der Waals surface area (Å²) in [5.74, 6) is -2.27. The summed E-state index contributed by atoms with van der Waals surface area (Å²) in [5, 5.41) is 14.4. The maximum Gasteiger partial charge on any atom is 0.306 e. The van der Waals surface area contributed by atoms with Crippen LogP contribution < -0.4 is 5.32 Å². The van der Waals surface area contributed by atoms with Gasteiger partial charge in [0.05, 0.1) is 31.1 Å². The summed E-state index contributed by atoms with van der Waals surface area (Å²) >= 11 is 1.17. The van der Waals surface area contributed by atoms with Crippen LogP contribution in [0.1, 0.15) is 99.2 Å². The predicted molar refractivity (Wildman–Crippen MR) is 196 cm³/mol. The molecule has 4 aliphatic rings. The Balaban J connectivity index is 1.29. The van der Waals surface area contributed by atoms with E-state index in [9.17, 15) is 29.1 Å². The second-order valence-corrected chi connectivity index (χ2v) is 16.4. The molecule has 6 heterocycles. The van der Waals surface area contributed by atoms with Crippen molar-refractivity contribution in [3.63, 3.8) is 0 Å². The van der Waals surface area contributed by atoms with Crippen LogP contribution in [0.15, 0.2) is 17.8 Å². The Morgan fingerprint density at radius 2 is 1.77 bits per heavy atom. The van der Waals surface area contributed by atoms with E-state index in [1.165, 1.54) is 18.3 Å². The third kappa shape index (κ3) is 10.4. The van der Waals surface area contributed by atoms with Crippen molar-refractivity contribution < 1.29 is 38.6 Å². The minimum Gasteiger partial charge on any atom is -0.481 e. The summed E-state index contributed by atoms with van der Waals surface area (Å²) in [6.07, 6.45) is 6.41. The third-order valence-corrected chi connectivity index (χ3v) is 12.0. The molecule has 14 nitrogen and oxygen atoms in total. The van der Waals surface area contributed by atoms with E-state index in [0.29, 0.717) is 30.0 Å². The molecule has 4 fully saturated rings. The molecule has 15 heteroatoms. The molecular weight excluding hydrogens is 701 g/mol. The van der Waals surface area contributed by atoms with Gasteiger partial charge in [0.2, 0.25) is 5.91 Å². The molecule has 2 amide bonds. The summed E-state index contributed by atoms with van der Waals surface area (Å²) in [7, 11) is 1.75. The lowest BCUT2D eigenvalue weighted by Crippen LogP contribution is -2.54. The zero-order valence-corrected chi connectivity index (χ0v) is 32.5. The predicted octanol–water partition coefficient (Wildman–Crippen LogP) is 3.88. The molecule has 2 aromatic rings. The fourth-order valence-electron chi connectivity index (χ4n) is 7.78. The van der Waals surface area contributed by atoms with Crippen LogP contribution in [-0.4, -0.2) is 111 Å². The number of thiazole rings is 1. The number of carbonyl (C=O) groups excluding carboxylic acids is 4. The van der Waals surface area contributed by atoms with E-state index in [2.05, 4.69) is 25.2 Å². The molecule has 0 aromatic carbocycles. The molecular formula is C38H54N6O8S. The van der Waals surface area contributed by atoms with E-state index < -0.39 is 41.8 Å². The first-order valence-electron chi connectivity index (χ1n) is 18.7. The number of aliphatic carboxylic acids is 1. The second kappa shape index (κ2) is 18.0. The molecule has 0 unspecified atom stereocenters. The molecule has 0 spiro atoms. The van der Waals surface area contributed by atoms with Crippen molar-refractivity contribution in [1.29, 1.82) is 0 Å². The average molecular weight is 755 g/mol. The maximum atomic E-state index is 14.3. The summed E-state index contributed by atoms with van der Waals surface area (Å²) in [5.41, 5.74) is 0.976. The normalized spacial score (nSPS) is 22.6. The fraction of sp³-hybridized carbons (Fsp3) is 0.684. The number of ether oxygens (including phenoxy) is 2. The number of hydrogen-bond donors (Lipinski definition) is 2. The van der Waals surface area contributed by atoms with E-state index in [1.54, 1.807) is 36.6 Å². The number of carboxylic acids is 1. The molecule has 290 valence electrons. The Kier molecular flexibility index (Phi) is 13.7. The van der Waals surface area contributed by atoms with Crippen LogP contribution in [-0.2, 0) is 35.1 Å². The summed E-state index contributed by atoms with van der Waals surface area (Å²) in [6.45, 7) is 11.5. The Bertz CT molecular complexity index is 1610. The lowest BCUT2D eigenvalue weighted by molar-refractivity contribution is -0.154. The number of nitrogens with zero attached hydrogens (tertiary/aromatic N) is 5. The molecule has 53 heavy (non-hydrogen) atoms. The number of carbonyl (C=O) groups is 5.